The molecule has 236 valence electrons. The summed E-state index contributed by atoms with van der Waals surface area (Å²) in [5.74, 6) is 3.42. The van der Waals surface area contributed by atoms with Crippen LogP contribution in [0.5, 0.6) is 40.2 Å². The summed E-state index contributed by atoms with van der Waals surface area (Å²) in [6.45, 7) is 1.87. The molecular formula is C37H42N2O6. The number of likely N-dealkylation sites (N-methyl/N-ethyl adjacent to an activating group) is 2. The lowest BCUT2D eigenvalue weighted by Gasteiger charge is -2.35. The highest BCUT2D eigenvalue weighted by atomic mass is 16.5. The van der Waals surface area contributed by atoms with E-state index in [1.54, 1.807) is 21.3 Å². The molecule has 4 aromatic rings. The van der Waals surface area contributed by atoms with E-state index in [4.69, 9.17) is 18.9 Å². The summed E-state index contributed by atoms with van der Waals surface area (Å²) in [5, 5.41) is 21.0. The summed E-state index contributed by atoms with van der Waals surface area (Å²) in [6.07, 6.45) is 3.40. The minimum atomic E-state index is 0.108. The van der Waals surface area contributed by atoms with Crippen LogP contribution in [-0.4, -0.2) is 68.5 Å². The maximum Gasteiger partial charge on any atom is 0.169 e. The van der Waals surface area contributed by atoms with E-state index in [2.05, 4.69) is 42.1 Å². The first-order valence-electron chi connectivity index (χ1n) is 15.4. The fourth-order valence-corrected chi connectivity index (χ4v) is 6.74. The van der Waals surface area contributed by atoms with E-state index in [0.717, 1.165) is 61.2 Å². The first-order valence-corrected chi connectivity index (χ1v) is 15.4. The molecule has 0 fully saturated rings. The molecule has 4 aromatic carbocycles. The molecule has 45 heavy (non-hydrogen) atoms. The molecule has 0 radical (unpaired) electrons. The van der Waals surface area contributed by atoms with Crippen LogP contribution in [0.2, 0.25) is 0 Å². The fourth-order valence-electron chi connectivity index (χ4n) is 6.74. The zero-order valence-corrected chi connectivity index (χ0v) is 26.7. The van der Waals surface area contributed by atoms with Gasteiger partial charge in [0.2, 0.25) is 0 Å². The molecule has 2 N–H and O–H groups in total. The van der Waals surface area contributed by atoms with Gasteiger partial charge in [-0.15, -0.1) is 0 Å². The van der Waals surface area contributed by atoms with E-state index in [1.165, 1.54) is 16.7 Å². The highest BCUT2D eigenvalue weighted by molar-refractivity contribution is 5.51. The van der Waals surface area contributed by atoms with Gasteiger partial charge in [0.05, 0.1) is 21.3 Å². The normalized spacial score (nSPS) is 18.2. The number of hydrogen-bond donors (Lipinski definition) is 2. The number of benzene rings is 4. The molecule has 0 saturated carbocycles. The fraction of sp³-hybridized carbons (Fsp3) is 0.351. The lowest BCUT2D eigenvalue weighted by atomic mass is 9.88. The van der Waals surface area contributed by atoms with Crippen molar-refractivity contribution in [3.63, 3.8) is 0 Å². The summed E-state index contributed by atoms with van der Waals surface area (Å²) in [5.41, 5.74) is 6.99. The second-order valence-electron chi connectivity index (χ2n) is 12.1. The predicted molar refractivity (Wildman–Crippen MR) is 174 cm³/mol. The van der Waals surface area contributed by atoms with Crippen LogP contribution in [0.4, 0.5) is 0 Å². The maximum absolute atomic E-state index is 10.5. The van der Waals surface area contributed by atoms with Crippen LogP contribution in [0, 0.1) is 0 Å². The molecule has 2 atom stereocenters. The van der Waals surface area contributed by atoms with E-state index in [9.17, 15) is 10.2 Å². The third-order valence-corrected chi connectivity index (χ3v) is 9.37. The second-order valence-corrected chi connectivity index (χ2v) is 12.1. The molecule has 0 unspecified atom stereocenters. The van der Waals surface area contributed by atoms with E-state index >= 15 is 0 Å². The number of methoxy groups -OCH3 is 3. The van der Waals surface area contributed by atoms with Crippen LogP contribution < -0.4 is 18.9 Å². The average Bonchev–Trinajstić information content (AvgIpc) is 3.04. The Morgan fingerprint density at radius 1 is 0.600 bits per heavy atom. The standard InChI is InChI=1S/C37H42N2O6/c1-38-14-12-25-19-35(43-4)32(40)21-28(25)30(38)16-23-6-9-27(10-7-23)45-37-18-24(8-11-34(37)42-3)17-31-29-22-33(41)36(44-5)20-26(29)13-15-39(31)2/h6-11,18-22,30-31,40-41H,12-17H2,1-5H3/t30-,31+/m0/s1. The van der Waals surface area contributed by atoms with Crippen LogP contribution in [-0.2, 0) is 25.7 Å². The molecule has 2 aliphatic rings. The Hall–Kier alpha value is -4.40. The van der Waals surface area contributed by atoms with E-state index in [0.29, 0.717) is 23.0 Å². The minimum Gasteiger partial charge on any atom is -0.504 e. The molecule has 8 nitrogen and oxygen atoms in total. The molecule has 0 spiro atoms. The first kappa shape index (κ1) is 30.6. The number of phenolic OH excluding ortho intramolecular Hbond substituents is 2. The minimum absolute atomic E-state index is 0.108. The molecule has 0 saturated heterocycles. The molecule has 6 rings (SSSR count). The molecule has 2 aliphatic heterocycles. The summed E-state index contributed by atoms with van der Waals surface area (Å²) in [6, 6.07) is 22.2. The number of rotatable bonds is 9. The van der Waals surface area contributed by atoms with Gasteiger partial charge in [-0.2, -0.15) is 0 Å². The molecule has 0 bridgehead atoms. The Balaban J connectivity index is 1.19. The Morgan fingerprint density at radius 3 is 1.60 bits per heavy atom. The zero-order valence-electron chi connectivity index (χ0n) is 26.7. The van der Waals surface area contributed by atoms with Crippen molar-refractivity contribution in [2.45, 2.75) is 37.8 Å². The highest BCUT2D eigenvalue weighted by Gasteiger charge is 2.28. The third kappa shape index (κ3) is 6.26. The lowest BCUT2D eigenvalue weighted by Crippen LogP contribution is -2.33. The van der Waals surface area contributed by atoms with Gasteiger partial charge in [-0.3, -0.25) is 9.80 Å². The van der Waals surface area contributed by atoms with Crippen LogP contribution in [0.15, 0.2) is 66.7 Å². The summed E-state index contributed by atoms with van der Waals surface area (Å²) < 4.78 is 22.7. The summed E-state index contributed by atoms with van der Waals surface area (Å²) >= 11 is 0. The molecule has 8 heteroatoms. The smallest absolute Gasteiger partial charge is 0.169 e. The van der Waals surface area contributed by atoms with Crippen molar-refractivity contribution in [3.8, 4) is 40.2 Å². The highest BCUT2D eigenvalue weighted by Crippen LogP contribution is 2.41. The van der Waals surface area contributed by atoms with Gasteiger partial charge in [0, 0.05) is 25.2 Å². The maximum atomic E-state index is 10.5. The SMILES string of the molecule is COc1cc2c(cc1O)[C@@H](Cc1ccc(OC)c(Oc3ccc(C[C@H]4c5cc(O)c(OC)cc5CCN4C)cc3)c1)N(C)CC2. The van der Waals surface area contributed by atoms with Crippen molar-refractivity contribution < 1.29 is 29.2 Å². The van der Waals surface area contributed by atoms with Crippen LogP contribution in [0.3, 0.4) is 0 Å². The van der Waals surface area contributed by atoms with Gasteiger partial charge in [0.25, 0.3) is 0 Å². The monoisotopic (exact) mass is 610 g/mol. The second kappa shape index (κ2) is 12.9. The molecular weight excluding hydrogens is 568 g/mol. The van der Waals surface area contributed by atoms with Gasteiger partial charge in [-0.25, -0.2) is 0 Å². The average molecular weight is 611 g/mol. The Kier molecular flexibility index (Phi) is 8.79. The van der Waals surface area contributed by atoms with Crippen molar-refractivity contribution in [1.29, 1.82) is 0 Å². The number of aromatic hydroxyl groups is 2. The molecule has 2 heterocycles. The Labute approximate surface area is 265 Å². The van der Waals surface area contributed by atoms with Gasteiger partial charge < -0.3 is 29.2 Å². The van der Waals surface area contributed by atoms with Crippen molar-refractivity contribution in [3.05, 3.63) is 100 Å². The van der Waals surface area contributed by atoms with E-state index in [1.807, 2.05) is 48.5 Å². The van der Waals surface area contributed by atoms with Crippen molar-refractivity contribution in [1.82, 2.24) is 9.80 Å². The number of fused-ring (bicyclic) bond motifs is 2. The number of nitrogens with zero attached hydrogens (tertiary/aromatic N) is 2. The lowest BCUT2D eigenvalue weighted by molar-refractivity contribution is 0.228. The molecule has 0 aliphatic carbocycles. The van der Waals surface area contributed by atoms with E-state index < -0.39 is 0 Å². The number of phenols is 2. The van der Waals surface area contributed by atoms with Crippen LogP contribution in [0.1, 0.15) is 45.5 Å². The predicted octanol–water partition coefficient (Wildman–Crippen LogP) is 6.46. The van der Waals surface area contributed by atoms with Gasteiger partial charge in [0.1, 0.15) is 5.75 Å². The van der Waals surface area contributed by atoms with Gasteiger partial charge in [0.15, 0.2) is 34.5 Å². The van der Waals surface area contributed by atoms with Crippen LogP contribution >= 0.6 is 0 Å². The largest absolute Gasteiger partial charge is 0.504 e. The quantitative estimate of drug-likeness (QED) is 0.224. The summed E-state index contributed by atoms with van der Waals surface area (Å²) in [7, 11) is 9.08. The number of ether oxygens (including phenoxy) is 4. The molecule has 0 aromatic heterocycles. The van der Waals surface area contributed by atoms with Gasteiger partial charge in [-0.1, -0.05) is 18.2 Å². The van der Waals surface area contributed by atoms with Gasteiger partial charge >= 0.3 is 0 Å². The summed E-state index contributed by atoms with van der Waals surface area (Å²) in [4.78, 5) is 4.67. The zero-order chi connectivity index (χ0) is 31.7. The van der Waals surface area contributed by atoms with Crippen molar-refractivity contribution in [2.24, 2.45) is 0 Å². The Bertz CT molecular complexity index is 1670. The first-order chi connectivity index (χ1) is 21.8. The van der Waals surface area contributed by atoms with Crippen molar-refractivity contribution >= 4 is 0 Å². The topological polar surface area (TPSA) is 83.9 Å². The van der Waals surface area contributed by atoms with Crippen molar-refractivity contribution in [2.75, 3.05) is 48.5 Å². The molecule has 0 amide bonds. The van der Waals surface area contributed by atoms with Crippen LogP contribution in [0.25, 0.3) is 0 Å². The van der Waals surface area contributed by atoms with Gasteiger partial charge in [-0.05, 0) is 122 Å². The number of hydrogen-bond acceptors (Lipinski definition) is 8. The van der Waals surface area contributed by atoms with E-state index in [-0.39, 0.29) is 23.6 Å². The third-order valence-electron chi connectivity index (χ3n) is 9.37. The Morgan fingerprint density at radius 2 is 1.09 bits per heavy atom.